The second-order valence-electron chi connectivity index (χ2n) is 5.70. The van der Waals surface area contributed by atoms with E-state index in [-0.39, 0.29) is 16.8 Å². The maximum absolute atomic E-state index is 14.1. The van der Waals surface area contributed by atoms with Gasteiger partial charge in [0.2, 0.25) is 5.69 Å². The van der Waals surface area contributed by atoms with Crippen LogP contribution in [-0.2, 0) is 13.2 Å². The Balaban J connectivity index is 1.88. The fraction of sp³-hybridized carbons (Fsp3) is 0.111. The number of para-hydroxylation sites is 1. The number of nitrogens with zero attached hydrogens (tertiary/aromatic N) is 2. The fourth-order valence-electron chi connectivity index (χ4n) is 2.50. The highest BCUT2D eigenvalue weighted by Crippen LogP contribution is 2.35. The Morgan fingerprint density at radius 2 is 1.82 bits per heavy atom. The van der Waals surface area contributed by atoms with E-state index < -0.39 is 35.3 Å². The molecule has 0 aliphatic heterocycles. The number of hydrogen-bond acceptors (Lipinski definition) is 3. The van der Waals surface area contributed by atoms with E-state index in [4.69, 9.17) is 4.74 Å². The van der Waals surface area contributed by atoms with Crippen LogP contribution in [0.3, 0.4) is 0 Å². The van der Waals surface area contributed by atoms with E-state index in [1.807, 2.05) is 0 Å². The molecule has 0 saturated heterocycles. The molecule has 1 heterocycles. The van der Waals surface area contributed by atoms with E-state index in [1.54, 1.807) is 0 Å². The number of hydrogen-bond donors (Lipinski definition) is 1. The molecule has 0 radical (unpaired) electrons. The van der Waals surface area contributed by atoms with Crippen LogP contribution in [0.25, 0.3) is 11.1 Å². The van der Waals surface area contributed by atoms with Crippen molar-refractivity contribution in [3.63, 3.8) is 0 Å². The van der Waals surface area contributed by atoms with Crippen molar-refractivity contribution in [2.45, 2.75) is 6.18 Å². The van der Waals surface area contributed by atoms with Crippen LogP contribution in [0.2, 0.25) is 0 Å². The van der Waals surface area contributed by atoms with Gasteiger partial charge in [0.25, 0.3) is 0 Å². The van der Waals surface area contributed by atoms with Crippen molar-refractivity contribution in [1.29, 1.82) is 0 Å². The largest absolute Gasteiger partial charge is 0.438 e. The molecule has 0 saturated carbocycles. The first kappa shape index (κ1) is 19.3. The van der Waals surface area contributed by atoms with E-state index >= 15 is 0 Å². The molecule has 1 N–H and O–H groups in total. The molecule has 0 aliphatic carbocycles. The summed E-state index contributed by atoms with van der Waals surface area (Å²) in [5.41, 5.74) is -1.35. The van der Waals surface area contributed by atoms with Crippen LogP contribution in [0.1, 0.15) is 5.69 Å². The van der Waals surface area contributed by atoms with Gasteiger partial charge in [-0.1, -0.05) is 18.2 Å². The summed E-state index contributed by atoms with van der Waals surface area (Å²) < 4.78 is 71.9. The number of rotatable bonds is 3. The van der Waals surface area contributed by atoms with E-state index in [1.165, 1.54) is 31.3 Å². The number of aryl methyl sites for hydroxylation is 1. The summed E-state index contributed by atoms with van der Waals surface area (Å²) in [4.78, 5) is 12.1. The number of alkyl halides is 3. The zero-order chi connectivity index (χ0) is 20.5. The summed E-state index contributed by atoms with van der Waals surface area (Å²) in [5.74, 6) is -2.23. The van der Waals surface area contributed by atoms with Gasteiger partial charge in [0, 0.05) is 18.2 Å². The topological polar surface area (TPSA) is 56.1 Å². The quantitative estimate of drug-likeness (QED) is 0.633. The molecule has 3 aromatic rings. The number of aromatic nitrogens is 2. The van der Waals surface area contributed by atoms with E-state index in [2.05, 4.69) is 10.4 Å². The van der Waals surface area contributed by atoms with Gasteiger partial charge >= 0.3 is 12.3 Å². The van der Waals surface area contributed by atoms with Crippen molar-refractivity contribution >= 4 is 11.8 Å². The smallest absolute Gasteiger partial charge is 0.406 e. The molecule has 0 bridgehead atoms. The number of benzene rings is 2. The molecule has 2 aromatic carbocycles. The molecule has 0 spiro atoms. The molecular weight excluding hydrogens is 385 g/mol. The van der Waals surface area contributed by atoms with Gasteiger partial charge in [-0.05, 0) is 24.3 Å². The molecule has 28 heavy (non-hydrogen) atoms. The molecule has 0 fully saturated rings. The first-order valence-corrected chi connectivity index (χ1v) is 7.79. The van der Waals surface area contributed by atoms with Gasteiger partial charge in [-0.25, -0.2) is 13.6 Å². The van der Waals surface area contributed by atoms with Crippen molar-refractivity contribution < 1.29 is 31.5 Å². The number of halogens is 5. The van der Waals surface area contributed by atoms with Gasteiger partial charge in [-0.2, -0.15) is 18.3 Å². The lowest BCUT2D eigenvalue weighted by atomic mass is 10.0. The number of carbonyl (C=O) groups is 1. The van der Waals surface area contributed by atoms with Crippen LogP contribution in [-0.4, -0.2) is 15.9 Å². The normalized spacial score (nSPS) is 11.4. The van der Waals surface area contributed by atoms with E-state index in [0.29, 0.717) is 0 Å². The Morgan fingerprint density at radius 1 is 1.11 bits per heavy atom. The van der Waals surface area contributed by atoms with Gasteiger partial charge < -0.3 is 4.74 Å². The van der Waals surface area contributed by atoms with Crippen molar-refractivity contribution in [2.24, 2.45) is 7.05 Å². The highest BCUT2D eigenvalue weighted by Gasteiger charge is 2.38. The summed E-state index contributed by atoms with van der Waals surface area (Å²) in [5, 5.41) is 5.46. The standard InChI is InChI=1S/C18H12F5N3O2/c1-26-9-15(16(25-26)18(21,22)23)28-17(27)24-14-5-3-2-4-11(14)12-8-10(19)6-7-13(12)20/h2-9H,1H3,(H,24,27). The highest BCUT2D eigenvalue weighted by molar-refractivity contribution is 5.92. The van der Waals surface area contributed by atoms with Gasteiger partial charge in [0.15, 0.2) is 5.75 Å². The number of ether oxygens (including phenoxy) is 1. The van der Waals surface area contributed by atoms with Crippen molar-refractivity contribution in [3.05, 3.63) is 66.0 Å². The number of anilines is 1. The van der Waals surface area contributed by atoms with Crippen LogP contribution in [0.5, 0.6) is 5.75 Å². The van der Waals surface area contributed by atoms with Crippen LogP contribution in [0.4, 0.5) is 32.4 Å². The first-order chi connectivity index (χ1) is 13.1. The summed E-state index contributed by atoms with van der Waals surface area (Å²) in [6.07, 6.45) is -5.18. The average Bonchev–Trinajstić information content (AvgIpc) is 2.98. The summed E-state index contributed by atoms with van der Waals surface area (Å²) >= 11 is 0. The van der Waals surface area contributed by atoms with Crippen LogP contribution < -0.4 is 10.1 Å². The Morgan fingerprint density at radius 3 is 2.54 bits per heavy atom. The lowest BCUT2D eigenvalue weighted by Gasteiger charge is -2.12. The molecule has 10 heteroatoms. The van der Waals surface area contributed by atoms with Gasteiger partial charge in [-0.3, -0.25) is 10.00 Å². The Bertz CT molecular complexity index is 1030. The lowest BCUT2D eigenvalue weighted by Crippen LogP contribution is -2.19. The molecule has 1 amide bonds. The third-order valence-electron chi connectivity index (χ3n) is 3.65. The van der Waals surface area contributed by atoms with E-state index in [0.717, 1.165) is 29.1 Å². The first-order valence-electron chi connectivity index (χ1n) is 7.79. The summed E-state index contributed by atoms with van der Waals surface area (Å²) in [7, 11) is 1.24. The lowest BCUT2D eigenvalue weighted by molar-refractivity contribution is -0.142. The predicted molar refractivity (Wildman–Crippen MR) is 89.7 cm³/mol. The Labute approximate surface area is 155 Å². The van der Waals surface area contributed by atoms with Gasteiger partial charge in [0.1, 0.15) is 11.6 Å². The zero-order valence-corrected chi connectivity index (χ0v) is 14.2. The highest BCUT2D eigenvalue weighted by atomic mass is 19.4. The maximum Gasteiger partial charge on any atom is 0.438 e. The fourth-order valence-corrected chi connectivity index (χ4v) is 2.50. The van der Waals surface area contributed by atoms with Gasteiger partial charge in [0.05, 0.1) is 11.9 Å². The summed E-state index contributed by atoms with van der Waals surface area (Å²) in [6.45, 7) is 0. The summed E-state index contributed by atoms with van der Waals surface area (Å²) in [6, 6.07) is 8.60. The Hall–Kier alpha value is -3.43. The van der Waals surface area contributed by atoms with Crippen molar-refractivity contribution in [3.8, 4) is 16.9 Å². The number of carbonyl (C=O) groups excluding carboxylic acids is 1. The molecule has 0 aliphatic rings. The van der Waals surface area contributed by atoms with E-state index in [9.17, 15) is 26.7 Å². The molecule has 0 unspecified atom stereocenters. The monoisotopic (exact) mass is 397 g/mol. The zero-order valence-electron chi connectivity index (χ0n) is 14.2. The van der Waals surface area contributed by atoms with Gasteiger partial charge in [-0.15, -0.1) is 0 Å². The van der Waals surface area contributed by atoms with Crippen LogP contribution >= 0.6 is 0 Å². The minimum Gasteiger partial charge on any atom is -0.406 e. The van der Waals surface area contributed by atoms with Crippen LogP contribution in [0.15, 0.2) is 48.7 Å². The Kier molecular flexibility index (Phi) is 5.04. The van der Waals surface area contributed by atoms with Crippen molar-refractivity contribution in [2.75, 3.05) is 5.32 Å². The number of amides is 1. The molecule has 3 rings (SSSR count). The molecule has 146 valence electrons. The third kappa shape index (κ3) is 4.11. The molecule has 0 atom stereocenters. The molecular formula is C18H12F5N3O2. The van der Waals surface area contributed by atoms with Crippen molar-refractivity contribution in [1.82, 2.24) is 9.78 Å². The third-order valence-corrected chi connectivity index (χ3v) is 3.65. The molecule has 5 nitrogen and oxygen atoms in total. The van der Waals surface area contributed by atoms with Crippen LogP contribution in [0, 0.1) is 11.6 Å². The predicted octanol–water partition coefficient (Wildman–Crippen LogP) is 5.00. The SMILES string of the molecule is Cn1cc(OC(=O)Nc2ccccc2-c2cc(F)ccc2F)c(C(F)(F)F)n1. The second kappa shape index (κ2) is 7.29. The minimum atomic E-state index is -4.82. The second-order valence-corrected chi connectivity index (χ2v) is 5.70. The minimum absolute atomic E-state index is 0.0226. The average molecular weight is 397 g/mol. The maximum atomic E-state index is 14.1. The number of nitrogens with one attached hydrogen (secondary N) is 1. The molecule has 1 aromatic heterocycles.